The van der Waals surface area contributed by atoms with Crippen molar-refractivity contribution in [2.45, 2.75) is 52.4 Å². The zero-order chi connectivity index (χ0) is 10.2. The SMILES string of the molecule is CCCCCS(=N)(=O)CCCCC. The summed E-state index contributed by atoms with van der Waals surface area (Å²) in [5.41, 5.74) is 0. The predicted molar refractivity (Wildman–Crippen MR) is 59.6 cm³/mol. The van der Waals surface area contributed by atoms with Gasteiger partial charge in [-0.05, 0) is 12.8 Å². The molecule has 2 nitrogen and oxygen atoms in total. The number of unbranched alkanes of at least 4 members (excludes halogenated alkanes) is 4. The van der Waals surface area contributed by atoms with Crippen LogP contribution in [0.1, 0.15) is 52.4 Å². The first-order chi connectivity index (χ1) is 6.12. The minimum atomic E-state index is -2.23. The Kier molecular flexibility index (Phi) is 7.33. The molecule has 0 aliphatic carbocycles. The van der Waals surface area contributed by atoms with Crippen molar-refractivity contribution in [2.75, 3.05) is 11.5 Å². The Bertz CT molecular complexity index is 181. The summed E-state index contributed by atoms with van der Waals surface area (Å²) in [5.74, 6) is 1.23. The molecule has 0 aromatic rings. The molecular weight excluding hydrogens is 182 g/mol. The number of hydrogen-bond donors (Lipinski definition) is 1. The molecule has 0 saturated carbocycles. The quantitative estimate of drug-likeness (QED) is 0.606. The minimum absolute atomic E-state index is 0.616. The fourth-order valence-corrected chi connectivity index (χ4v) is 2.82. The van der Waals surface area contributed by atoms with Crippen LogP contribution in [0.3, 0.4) is 0 Å². The Hall–Kier alpha value is -0.0500. The molecule has 0 aromatic heterocycles. The summed E-state index contributed by atoms with van der Waals surface area (Å²) in [7, 11) is -2.23. The fraction of sp³-hybridized carbons (Fsp3) is 1.00. The molecule has 0 radical (unpaired) electrons. The second kappa shape index (κ2) is 7.36. The van der Waals surface area contributed by atoms with Crippen molar-refractivity contribution in [1.82, 2.24) is 0 Å². The zero-order valence-corrected chi connectivity index (χ0v) is 9.79. The third-order valence-corrected chi connectivity index (χ3v) is 4.05. The zero-order valence-electron chi connectivity index (χ0n) is 8.97. The Balaban J connectivity index is 3.55. The van der Waals surface area contributed by atoms with Crippen molar-refractivity contribution in [2.24, 2.45) is 0 Å². The van der Waals surface area contributed by atoms with Gasteiger partial charge in [-0.25, -0.2) is 4.21 Å². The predicted octanol–water partition coefficient (Wildman–Crippen LogP) is 3.41. The van der Waals surface area contributed by atoms with Gasteiger partial charge in [0.1, 0.15) is 0 Å². The maximum absolute atomic E-state index is 11.6. The van der Waals surface area contributed by atoms with Crippen molar-refractivity contribution in [3.8, 4) is 0 Å². The van der Waals surface area contributed by atoms with Gasteiger partial charge >= 0.3 is 0 Å². The average Bonchev–Trinajstić information content (AvgIpc) is 2.05. The molecule has 0 rings (SSSR count). The van der Waals surface area contributed by atoms with Crippen LogP contribution >= 0.6 is 0 Å². The van der Waals surface area contributed by atoms with Gasteiger partial charge in [0.15, 0.2) is 0 Å². The molecule has 0 heterocycles. The first-order valence-corrected chi connectivity index (χ1v) is 7.26. The van der Waals surface area contributed by atoms with Crippen LogP contribution in [0, 0.1) is 4.78 Å². The molecular formula is C10H23NOS. The highest BCUT2D eigenvalue weighted by atomic mass is 32.2. The molecule has 0 fully saturated rings. The lowest BCUT2D eigenvalue weighted by atomic mass is 10.3. The highest BCUT2D eigenvalue weighted by Crippen LogP contribution is 2.05. The van der Waals surface area contributed by atoms with Gasteiger partial charge in [0.05, 0.1) is 0 Å². The van der Waals surface area contributed by atoms with Crippen molar-refractivity contribution < 1.29 is 4.21 Å². The highest BCUT2D eigenvalue weighted by molar-refractivity contribution is 7.92. The summed E-state index contributed by atoms with van der Waals surface area (Å²) in [5, 5.41) is 0. The smallest absolute Gasteiger partial charge is 0.0441 e. The lowest BCUT2D eigenvalue weighted by Gasteiger charge is -2.05. The van der Waals surface area contributed by atoms with E-state index in [9.17, 15) is 4.21 Å². The Labute approximate surface area is 83.1 Å². The highest BCUT2D eigenvalue weighted by Gasteiger charge is 2.04. The van der Waals surface area contributed by atoms with Crippen molar-refractivity contribution in [3.63, 3.8) is 0 Å². The van der Waals surface area contributed by atoms with Crippen LogP contribution in [0.15, 0.2) is 0 Å². The van der Waals surface area contributed by atoms with Crippen LogP contribution in [0.5, 0.6) is 0 Å². The molecule has 1 N–H and O–H groups in total. The van der Waals surface area contributed by atoms with Crippen LogP contribution < -0.4 is 0 Å². The summed E-state index contributed by atoms with van der Waals surface area (Å²) in [6.45, 7) is 4.26. The molecule has 0 saturated heterocycles. The van der Waals surface area contributed by atoms with Gasteiger partial charge in [-0.15, -0.1) is 0 Å². The third kappa shape index (κ3) is 8.28. The maximum atomic E-state index is 11.6. The van der Waals surface area contributed by atoms with Crippen LogP contribution in [0.4, 0.5) is 0 Å². The van der Waals surface area contributed by atoms with Crippen LogP contribution in [-0.2, 0) is 9.73 Å². The first kappa shape index (κ1) is 12.9. The molecule has 0 atom stereocenters. The lowest BCUT2D eigenvalue weighted by molar-refractivity contribution is 0.660. The third-order valence-electron chi connectivity index (χ3n) is 2.16. The van der Waals surface area contributed by atoms with E-state index in [4.69, 9.17) is 4.78 Å². The average molecular weight is 205 g/mol. The Morgan fingerprint density at radius 3 is 1.62 bits per heavy atom. The first-order valence-electron chi connectivity index (χ1n) is 5.36. The van der Waals surface area contributed by atoms with Crippen molar-refractivity contribution in [1.29, 1.82) is 4.78 Å². The van der Waals surface area contributed by atoms with E-state index in [0.29, 0.717) is 11.5 Å². The molecule has 0 aliphatic heterocycles. The summed E-state index contributed by atoms with van der Waals surface area (Å²) >= 11 is 0. The molecule has 3 heteroatoms. The summed E-state index contributed by atoms with van der Waals surface area (Å²) in [6.07, 6.45) is 6.44. The molecule has 13 heavy (non-hydrogen) atoms. The van der Waals surface area contributed by atoms with E-state index in [0.717, 1.165) is 38.5 Å². The van der Waals surface area contributed by atoms with E-state index in [1.165, 1.54) is 0 Å². The molecule has 0 spiro atoms. The number of hydrogen-bond acceptors (Lipinski definition) is 2. The second-order valence-electron chi connectivity index (χ2n) is 3.63. The number of nitrogens with one attached hydrogen (secondary N) is 1. The molecule has 0 aliphatic rings. The standard InChI is InChI=1S/C10H23NOS/c1-3-5-7-9-13(11,12)10-8-6-4-2/h11H,3-10H2,1-2H3. The van der Waals surface area contributed by atoms with E-state index in [1.807, 2.05) is 0 Å². The van der Waals surface area contributed by atoms with Crippen molar-refractivity contribution in [3.05, 3.63) is 0 Å². The molecule has 0 unspecified atom stereocenters. The van der Waals surface area contributed by atoms with Gasteiger partial charge in [0, 0.05) is 21.2 Å². The number of rotatable bonds is 8. The van der Waals surface area contributed by atoms with Crippen LogP contribution in [0.2, 0.25) is 0 Å². The monoisotopic (exact) mass is 205 g/mol. The van der Waals surface area contributed by atoms with Crippen molar-refractivity contribution >= 4 is 9.73 Å². The van der Waals surface area contributed by atoms with E-state index < -0.39 is 9.73 Å². The van der Waals surface area contributed by atoms with Gasteiger partial charge in [0.2, 0.25) is 0 Å². The van der Waals surface area contributed by atoms with Crippen LogP contribution in [-0.4, -0.2) is 15.7 Å². The van der Waals surface area contributed by atoms with Crippen LogP contribution in [0.25, 0.3) is 0 Å². The molecule has 80 valence electrons. The Morgan fingerprint density at radius 1 is 0.923 bits per heavy atom. The van der Waals surface area contributed by atoms with Gasteiger partial charge in [-0.2, -0.15) is 0 Å². The Morgan fingerprint density at radius 2 is 1.31 bits per heavy atom. The fourth-order valence-electron chi connectivity index (χ4n) is 1.27. The van der Waals surface area contributed by atoms with Gasteiger partial charge in [0.25, 0.3) is 0 Å². The molecule has 0 amide bonds. The summed E-state index contributed by atoms with van der Waals surface area (Å²) < 4.78 is 19.2. The maximum Gasteiger partial charge on any atom is 0.0441 e. The second-order valence-corrected chi connectivity index (χ2v) is 6.07. The van der Waals surface area contributed by atoms with E-state index in [2.05, 4.69) is 13.8 Å². The largest absolute Gasteiger partial charge is 0.253 e. The van der Waals surface area contributed by atoms with E-state index >= 15 is 0 Å². The van der Waals surface area contributed by atoms with Gasteiger partial charge in [-0.1, -0.05) is 39.5 Å². The normalized spacial score (nSPS) is 11.8. The summed E-state index contributed by atoms with van der Waals surface area (Å²) in [4.78, 5) is 0. The van der Waals surface area contributed by atoms with E-state index in [1.54, 1.807) is 0 Å². The lowest BCUT2D eigenvalue weighted by Crippen LogP contribution is -2.09. The molecule has 0 bridgehead atoms. The topological polar surface area (TPSA) is 40.9 Å². The van der Waals surface area contributed by atoms with E-state index in [-0.39, 0.29) is 0 Å². The summed E-state index contributed by atoms with van der Waals surface area (Å²) in [6, 6.07) is 0. The molecule has 0 aromatic carbocycles. The van der Waals surface area contributed by atoms with Gasteiger partial charge < -0.3 is 0 Å². The van der Waals surface area contributed by atoms with Gasteiger partial charge in [-0.3, -0.25) is 4.78 Å². The minimum Gasteiger partial charge on any atom is -0.253 e.